The first-order valence-electron chi connectivity index (χ1n) is 9.12. The minimum Gasteiger partial charge on any atom is -0.387 e. The first kappa shape index (κ1) is 17.9. The highest BCUT2D eigenvalue weighted by atomic mass is 32.2. The maximum Gasteiger partial charge on any atom is 0.269 e. The third-order valence-corrected chi connectivity index (χ3v) is 7.21. The number of anilines is 1. The highest BCUT2D eigenvalue weighted by Gasteiger charge is 2.60. The number of benzene rings is 3. The van der Waals surface area contributed by atoms with Crippen molar-refractivity contribution in [2.45, 2.75) is 21.7 Å². The van der Waals surface area contributed by atoms with Crippen LogP contribution in [-0.2, 0) is 10.2 Å². The van der Waals surface area contributed by atoms with Crippen LogP contribution in [0.1, 0.15) is 28.0 Å². The number of hydrogen-bond acceptors (Lipinski definition) is 5. The number of para-hydroxylation sites is 1. The van der Waals surface area contributed by atoms with E-state index in [-0.39, 0.29) is 11.6 Å². The molecule has 29 heavy (non-hydrogen) atoms. The average Bonchev–Trinajstić information content (AvgIpc) is 3.03. The van der Waals surface area contributed by atoms with Gasteiger partial charge in [0.05, 0.1) is 10.2 Å². The van der Waals surface area contributed by atoms with E-state index in [9.17, 15) is 20.0 Å². The predicted molar refractivity (Wildman–Crippen MR) is 110 cm³/mol. The van der Waals surface area contributed by atoms with Crippen molar-refractivity contribution in [2.75, 3.05) is 5.32 Å². The highest BCUT2D eigenvalue weighted by molar-refractivity contribution is 7.99. The number of hydrogen-bond donors (Lipinski definition) is 2. The summed E-state index contributed by atoms with van der Waals surface area (Å²) in [6.07, 6.45) is -1.05. The van der Waals surface area contributed by atoms with Crippen molar-refractivity contribution in [3.05, 3.63) is 99.6 Å². The van der Waals surface area contributed by atoms with Gasteiger partial charge in [-0.1, -0.05) is 48.5 Å². The second-order valence-electron chi connectivity index (χ2n) is 7.16. The summed E-state index contributed by atoms with van der Waals surface area (Å²) in [6, 6.07) is 21.1. The molecule has 6 nitrogen and oxygen atoms in total. The maximum absolute atomic E-state index is 13.4. The van der Waals surface area contributed by atoms with Crippen LogP contribution in [0.3, 0.4) is 0 Å². The first-order chi connectivity index (χ1) is 14.0. The molecule has 0 aromatic heterocycles. The molecule has 3 aromatic carbocycles. The van der Waals surface area contributed by atoms with E-state index in [1.807, 2.05) is 48.5 Å². The molecule has 0 fully saturated rings. The molecule has 0 radical (unpaired) electrons. The van der Waals surface area contributed by atoms with Crippen molar-refractivity contribution in [3.63, 3.8) is 0 Å². The van der Waals surface area contributed by atoms with Gasteiger partial charge in [0.2, 0.25) is 5.91 Å². The second kappa shape index (κ2) is 6.43. The van der Waals surface area contributed by atoms with Gasteiger partial charge >= 0.3 is 0 Å². The quantitative estimate of drug-likeness (QED) is 0.489. The number of aliphatic hydroxyl groups is 1. The topological polar surface area (TPSA) is 92.5 Å². The van der Waals surface area contributed by atoms with Crippen molar-refractivity contribution in [2.24, 2.45) is 0 Å². The fourth-order valence-corrected chi connectivity index (χ4v) is 5.93. The van der Waals surface area contributed by atoms with E-state index in [1.165, 1.54) is 23.9 Å². The summed E-state index contributed by atoms with van der Waals surface area (Å²) >= 11 is 1.50. The summed E-state index contributed by atoms with van der Waals surface area (Å²) in [4.78, 5) is 24.9. The van der Waals surface area contributed by atoms with E-state index in [1.54, 1.807) is 12.1 Å². The van der Waals surface area contributed by atoms with E-state index < -0.39 is 21.7 Å². The van der Waals surface area contributed by atoms with E-state index in [0.29, 0.717) is 11.3 Å². The summed E-state index contributed by atoms with van der Waals surface area (Å²) in [5.41, 5.74) is 1.64. The number of thioether (sulfide) groups is 1. The lowest BCUT2D eigenvalue weighted by molar-refractivity contribution is -0.384. The van der Waals surface area contributed by atoms with E-state index in [2.05, 4.69) is 5.32 Å². The molecule has 2 N–H and O–H groups in total. The molecule has 0 aliphatic carbocycles. The summed E-state index contributed by atoms with van der Waals surface area (Å²) in [6.45, 7) is 0. The number of nitrogens with one attached hydrogen (secondary N) is 1. The van der Waals surface area contributed by atoms with E-state index in [0.717, 1.165) is 16.0 Å². The smallest absolute Gasteiger partial charge is 0.269 e. The number of nitro benzene ring substituents is 1. The van der Waals surface area contributed by atoms with Crippen molar-refractivity contribution in [3.8, 4) is 0 Å². The number of amides is 1. The van der Waals surface area contributed by atoms with Gasteiger partial charge in [-0.2, -0.15) is 0 Å². The number of nitro groups is 1. The zero-order valence-corrected chi connectivity index (χ0v) is 15.9. The highest BCUT2D eigenvalue weighted by Crippen LogP contribution is 2.63. The maximum atomic E-state index is 13.4. The molecule has 2 aliphatic heterocycles. The molecule has 0 unspecified atom stereocenters. The van der Waals surface area contributed by atoms with Crippen molar-refractivity contribution >= 4 is 29.0 Å². The fourth-order valence-electron chi connectivity index (χ4n) is 4.36. The molecule has 7 heteroatoms. The Hall–Kier alpha value is -3.16. The summed E-state index contributed by atoms with van der Waals surface area (Å²) < 4.78 is 0. The van der Waals surface area contributed by atoms with Crippen LogP contribution in [0.5, 0.6) is 0 Å². The Kier molecular flexibility index (Phi) is 3.97. The lowest BCUT2D eigenvalue weighted by Crippen LogP contribution is -2.46. The second-order valence-corrected chi connectivity index (χ2v) is 8.30. The third kappa shape index (κ3) is 2.44. The molecule has 0 saturated carbocycles. The SMILES string of the molecule is O=C1Nc2ccccc2[C@]12[C@@H](O)c1ccccc1S[C@H]2c1ccc([N+](=O)[O-])cc1. The van der Waals surface area contributed by atoms with Gasteiger partial charge < -0.3 is 10.4 Å². The van der Waals surface area contributed by atoms with Crippen LogP contribution in [0, 0.1) is 10.1 Å². The van der Waals surface area contributed by atoms with Crippen LogP contribution in [0.15, 0.2) is 77.7 Å². The summed E-state index contributed by atoms with van der Waals surface area (Å²) in [7, 11) is 0. The Morgan fingerprint density at radius 2 is 1.69 bits per heavy atom. The molecular weight excluding hydrogens is 388 g/mol. The summed E-state index contributed by atoms with van der Waals surface area (Å²) in [5, 5.41) is 25.1. The van der Waals surface area contributed by atoms with Gasteiger partial charge in [0.1, 0.15) is 11.5 Å². The number of rotatable bonds is 2. The van der Waals surface area contributed by atoms with Crippen molar-refractivity contribution in [1.82, 2.24) is 0 Å². The number of nitrogens with zero attached hydrogens (tertiary/aromatic N) is 1. The molecule has 1 amide bonds. The van der Waals surface area contributed by atoms with Gasteiger partial charge in [-0.05, 0) is 28.8 Å². The molecule has 3 aromatic rings. The standard InChI is InChI=1S/C22H16N2O4S/c25-19-15-5-1-4-8-18(15)29-20(13-9-11-14(12-10-13)24(27)28)22(19)16-6-2-3-7-17(16)23-21(22)26/h1-12,19-20,25H,(H,23,26)/t19-,20-,22+/m0/s1. The molecule has 3 atom stereocenters. The number of aliphatic hydroxyl groups excluding tert-OH is 1. The Morgan fingerprint density at radius 3 is 2.45 bits per heavy atom. The van der Waals surface area contributed by atoms with Gasteiger partial charge in [0.15, 0.2) is 0 Å². The number of fused-ring (bicyclic) bond motifs is 3. The Bertz CT molecular complexity index is 1150. The fraction of sp³-hybridized carbons (Fsp3) is 0.136. The normalized spacial score (nSPS) is 24.7. The molecule has 144 valence electrons. The molecule has 2 aliphatic rings. The third-order valence-electron chi connectivity index (χ3n) is 5.71. The van der Waals surface area contributed by atoms with Gasteiger partial charge in [-0.15, -0.1) is 11.8 Å². The van der Waals surface area contributed by atoms with Gasteiger partial charge in [-0.3, -0.25) is 14.9 Å². The molecule has 1 spiro atoms. The Morgan fingerprint density at radius 1 is 1.00 bits per heavy atom. The molecule has 5 rings (SSSR count). The Balaban J connectivity index is 1.76. The minimum atomic E-state index is -1.23. The number of non-ortho nitro benzene ring substituents is 1. The zero-order chi connectivity index (χ0) is 20.2. The van der Waals surface area contributed by atoms with Crippen LogP contribution < -0.4 is 5.32 Å². The van der Waals surface area contributed by atoms with Crippen LogP contribution in [0.25, 0.3) is 0 Å². The average molecular weight is 404 g/mol. The summed E-state index contributed by atoms with van der Waals surface area (Å²) in [5.74, 6) is -0.267. The lowest BCUT2D eigenvalue weighted by atomic mass is 9.69. The largest absolute Gasteiger partial charge is 0.387 e. The molecule has 2 heterocycles. The lowest BCUT2D eigenvalue weighted by Gasteiger charge is -2.44. The number of carbonyl (C=O) groups is 1. The van der Waals surface area contributed by atoms with Gasteiger partial charge in [0, 0.05) is 22.7 Å². The van der Waals surface area contributed by atoms with Crippen LogP contribution in [0.2, 0.25) is 0 Å². The van der Waals surface area contributed by atoms with Crippen molar-refractivity contribution < 1.29 is 14.8 Å². The van der Waals surface area contributed by atoms with Crippen LogP contribution >= 0.6 is 11.8 Å². The van der Waals surface area contributed by atoms with E-state index >= 15 is 0 Å². The van der Waals surface area contributed by atoms with Crippen LogP contribution in [0.4, 0.5) is 11.4 Å². The van der Waals surface area contributed by atoms with Crippen LogP contribution in [-0.4, -0.2) is 15.9 Å². The monoisotopic (exact) mass is 404 g/mol. The molecule has 0 saturated heterocycles. The first-order valence-corrected chi connectivity index (χ1v) is 10.0. The minimum absolute atomic E-state index is 0.0131. The molecule has 0 bridgehead atoms. The zero-order valence-electron chi connectivity index (χ0n) is 15.1. The van der Waals surface area contributed by atoms with Gasteiger partial charge in [-0.25, -0.2) is 0 Å². The van der Waals surface area contributed by atoms with E-state index in [4.69, 9.17) is 0 Å². The van der Waals surface area contributed by atoms with Gasteiger partial charge in [0.25, 0.3) is 5.69 Å². The predicted octanol–water partition coefficient (Wildman–Crippen LogP) is 4.37. The number of carbonyl (C=O) groups excluding carboxylic acids is 1. The molecular formula is C22H16N2O4S. The Labute approximate surface area is 170 Å². The van der Waals surface area contributed by atoms with Crippen molar-refractivity contribution in [1.29, 1.82) is 0 Å².